The fraction of sp³-hybridized carbons (Fsp3) is 0. The standard InChI is InChI=1S/C15H9ClO/c16-14-13(10-6-2-1-3-7-10)11-8-4-5-9-12(11)15(14)17/h1-9H. The highest BCUT2D eigenvalue weighted by Gasteiger charge is 2.28. The van der Waals surface area contributed by atoms with Crippen molar-refractivity contribution >= 4 is 23.0 Å². The molecule has 3 rings (SSSR count). The van der Waals surface area contributed by atoms with E-state index in [9.17, 15) is 4.79 Å². The highest BCUT2D eigenvalue weighted by Crippen LogP contribution is 2.38. The number of hydrogen-bond donors (Lipinski definition) is 0. The molecule has 17 heavy (non-hydrogen) atoms. The Morgan fingerprint density at radius 2 is 1.35 bits per heavy atom. The molecule has 0 radical (unpaired) electrons. The van der Waals surface area contributed by atoms with Crippen LogP contribution in [0.3, 0.4) is 0 Å². The maximum atomic E-state index is 12.0. The van der Waals surface area contributed by atoms with Gasteiger partial charge in [0, 0.05) is 11.1 Å². The minimum Gasteiger partial charge on any atom is -0.288 e. The quantitative estimate of drug-likeness (QED) is 0.739. The van der Waals surface area contributed by atoms with Gasteiger partial charge in [-0.2, -0.15) is 0 Å². The maximum Gasteiger partial charge on any atom is 0.205 e. The first-order chi connectivity index (χ1) is 8.29. The smallest absolute Gasteiger partial charge is 0.205 e. The van der Waals surface area contributed by atoms with E-state index in [4.69, 9.17) is 11.6 Å². The van der Waals surface area contributed by atoms with Gasteiger partial charge in [-0.25, -0.2) is 0 Å². The fourth-order valence-corrected chi connectivity index (χ4v) is 2.45. The van der Waals surface area contributed by atoms with E-state index in [-0.39, 0.29) is 5.78 Å². The SMILES string of the molecule is O=C1C(Cl)=C(c2ccccc2)c2ccccc21. The maximum absolute atomic E-state index is 12.0. The van der Waals surface area contributed by atoms with Gasteiger partial charge in [0.1, 0.15) is 0 Å². The lowest BCUT2D eigenvalue weighted by Crippen LogP contribution is -1.92. The third kappa shape index (κ3) is 1.51. The third-order valence-corrected chi connectivity index (χ3v) is 3.28. The predicted molar refractivity (Wildman–Crippen MR) is 69.1 cm³/mol. The van der Waals surface area contributed by atoms with Crippen LogP contribution >= 0.6 is 11.6 Å². The van der Waals surface area contributed by atoms with Crippen LogP contribution in [0.1, 0.15) is 21.5 Å². The number of rotatable bonds is 1. The van der Waals surface area contributed by atoms with E-state index in [1.807, 2.05) is 54.6 Å². The molecule has 1 aliphatic carbocycles. The Labute approximate surface area is 104 Å². The van der Waals surface area contributed by atoms with E-state index in [1.165, 1.54) is 0 Å². The molecule has 0 amide bonds. The Morgan fingerprint density at radius 1 is 0.765 bits per heavy atom. The van der Waals surface area contributed by atoms with Gasteiger partial charge >= 0.3 is 0 Å². The summed E-state index contributed by atoms with van der Waals surface area (Å²) in [6.45, 7) is 0. The summed E-state index contributed by atoms with van der Waals surface area (Å²) >= 11 is 6.16. The van der Waals surface area contributed by atoms with Crippen LogP contribution in [0.25, 0.3) is 5.57 Å². The molecule has 0 aliphatic heterocycles. The Morgan fingerprint density at radius 3 is 2.06 bits per heavy atom. The fourth-order valence-electron chi connectivity index (χ4n) is 2.14. The van der Waals surface area contributed by atoms with Crippen LogP contribution in [0, 0.1) is 0 Å². The van der Waals surface area contributed by atoms with Crippen molar-refractivity contribution in [2.45, 2.75) is 0 Å². The van der Waals surface area contributed by atoms with Crippen molar-refractivity contribution in [2.75, 3.05) is 0 Å². The molecule has 2 aromatic rings. The summed E-state index contributed by atoms with van der Waals surface area (Å²) in [6, 6.07) is 17.3. The average molecular weight is 241 g/mol. The Kier molecular flexibility index (Phi) is 2.34. The predicted octanol–water partition coefficient (Wildman–Crippen LogP) is 3.88. The number of carbonyl (C=O) groups is 1. The lowest BCUT2D eigenvalue weighted by Gasteiger charge is -2.04. The van der Waals surface area contributed by atoms with Crippen molar-refractivity contribution in [1.82, 2.24) is 0 Å². The second-order valence-electron chi connectivity index (χ2n) is 3.93. The lowest BCUT2D eigenvalue weighted by molar-refractivity contribution is 0.104. The van der Waals surface area contributed by atoms with E-state index in [2.05, 4.69) is 0 Å². The summed E-state index contributed by atoms with van der Waals surface area (Å²) in [4.78, 5) is 12.0. The van der Waals surface area contributed by atoms with Crippen molar-refractivity contribution in [3.63, 3.8) is 0 Å². The second-order valence-corrected chi connectivity index (χ2v) is 4.31. The summed E-state index contributed by atoms with van der Waals surface area (Å²) in [5.74, 6) is -0.0823. The molecule has 0 saturated carbocycles. The van der Waals surface area contributed by atoms with Crippen LogP contribution in [-0.4, -0.2) is 5.78 Å². The first-order valence-electron chi connectivity index (χ1n) is 5.38. The molecule has 0 N–H and O–H groups in total. The zero-order valence-electron chi connectivity index (χ0n) is 8.98. The van der Waals surface area contributed by atoms with Crippen molar-refractivity contribution < 1.29 is 4.79 Å². The van der Waals surface area contributed by atoms with E-state index < -0.39 is 0 Å². The summed E-state index contributed by atoms with van der Waals surface area (Å²) < 4.78 is 0. The van der Waals surface area contributed by atoms with Gasteiger partial charge in [-0.15, -0.1) is 0 Å². The first-order valence-corrected chi connectivity index (χ1v) is 5.76. The van der Waals surface area contributed by atoms with Crippen LogP contribution in [0.4, 0.5) is 0 Å². The molecule has 0 fully saturated rings. The molecule has 0 atom stereocenters. The van der Waals surface area contributed by atoms with E-state index in [0.29, 0.717) is 10.6 Å². The van der Waals surface area contributed by atoms with Crippen molar-refractivity contribution in [3.8, 4) is 0 Å². The topological polar surface area (TPSA) is 17.1 Å². The Bertz CT molecular complexity index is 626. The van der Waals surface area contributed by atoms with Gasteiger partial charge in [0.05, 0.1) is 5.03 Å². The molecular weight excluding hydrogens is 232 g/mol. The summed E-state index contributed by atoms with van der Waals surface area (Å²) in [7, 11) is 0. The second kappa shape index (κ2) is 3.86. The summed E-state index contributed by atoms with van der Waals surface area (Å²) in [5, 5.41) is 0.317. The minimum atomic E-state index is -0.0823. The van der Waals surface area contributed by atoms with Crippen LogP contribution in [-0.2, 0) is 0 Å². The molecule has 1 nitrogen and oxygen atoms in total. The average Bonchev–Trinajstić information content (AvgIpc) is 2.64. The van der Waals surface area contributed by atoms with Crippen molar-refractivity contribution in [1.29, 1.82) is 0 Å². The summed E-state index contributed by atoms with van der Waals surface area (Å²) in [5.41, 5.74) is 3.44. The molecule has 0 saturated heterocycles. The number of carbonyl (C=O) groups excluding carboxylic acids is 1. The highest BCUT2D eigenvalue weighted by molar-refractivity contribution is 6.51. The Balaban J connectivity index is 2.27. The number of allylic oxidation sites excluding steroid dienone is 1. The number of hydrogen-bond acceptors (Lipinski definition) is 1. The largest absolute Gasteiger partial charge is 0.288 e. The van der Waals surface area contributed by atoms with Crippen LogP contribution < -0.4 is 0 Å². The van der Waals surface area contributed by atoms with Gasteiger partial charge < -0.3 is 0 Å². The molecule has 0 bridgehead atoms. The van der Waals surface area contributed by atoms with Crippen LogP contribution in [0.15, 0.2) is 59.6 Å². The number of fused-ring (bicyclic) bond motifs is 1. The van der Waals surface area contributed by atoms with E-state index >= 15 is 0 Å². The van der Waals surface area contributed by atoms with E-state index in [1.54, 1.807) is 0 Å². The first kappa shape index (κ1) is 10.3. The molecule has 0 aromatic heterocycles. The van der Waals surface area contributed by atoms with Crippen molar-refractivity contribution in [2.24, 2.45) is 0 Å². The molecule has 82 valence electrons. The van der Waals surface area contributed by atoms with Gasteiger partial charge in [0.2, 0.25) is 5.78 Å². The number of benzene rings is 2. The van der Waals surface area contributed by atoms with Gasteiger partial charge in [-0.1, -0.05) is 66.2 Å². The molecule has 1 aliphatic rings. The zero-order chi connectivity index (χ0) is 11.8. The molecule has 0 unspecified atom stereocenters. The lowest BCUT2D eigenvalue weighted by atomic mass is 9.99. The van der Waals surface area contributed by atoms with Gasteiger partial charge in [-0.05, 0) is 11.1 Å². The third-order valence-electron chi connectivity index (χ3n) is 2.92. The zero-order valence-corrected chi connectivity index (χ0v) is 9.74. The number of ketones is 1. The summed E-state index contributed by atoms with van der Waals surface area (Å²) in [6.07, 6.45) is 0. The number of Topliss-reactive ketones (excluding diaryl/α,β-unsaturated/α-hetero) is 1. The highest BCUT2D eigenvalue weighted by atomic mass is 35.5. The molecule has 0 spiro atoms. The van der Waals surface area contributed by atoms with E-state index in [0.717, 1.165) is 16.7 Å². The van der Waals surface area contributed by atoms with Gasteiger partial charge in [0.15, 0.2) is 0 Å². The van der Waals surface area contributed by atoms with Crippen LogP contribution in [0.2, 0.25) is 0 Å². The van der Waals surface area contributed by atoms with Crippen LogP contribution in [0.5, 0.6) is 0 Å². The molecule has 2 aromatic carbocycles. The minimum absolute atomic E-state index is 0.0823. The molecular formula is C15H9ClO. The van der Waals surface area contributed by atoms with Crippen molar-refractivity contribution in [3.05, 3.63) is 76.3 Å². The number of halogens is 1. The monoisotopic (exact) mass is 240 g/mol. The molecule has 2 heteroatoms. The molecule has 0 heterocycles. The van der Waals surface area contributed by atoms with Gasteiger partial charge in [0.25, 0.3) is 0 Å². The normalized spacial score (nSPS) is 14.1. The van der Waals surface area contributed by atoms with Gasteiger partial charge in [-0.3, -0.25) is 4.79 Å². The Hall–Kier alpha value is -1.86.